The first kappa shape index (κ1) is 11.7. The van der Waals surface area contributed by atoms with Crippen LogP contribution in [-0.2, 0) is 6.54 Å². The highest BCUT2D eigenvalue weighted by Gasteiger charge is 2.05. The summed E-state index contributed by atoms with van der Waals surface area (Å²) in [5, 5.41) is 11.6. The quantitative estimate of drug-likeness (QED) is 0.664. The molecular weight excluding hydrogens is 192 g/mol. The molecule has 0 saturated heterocycles. The number of benzene rings is 1. The van der Waals surface area contributed by atoms with E-state index in [2.05, 4.69) is 5.32 Å². The predicted molar refractivity (Wildman–Crippen MR) is 58.3 cm³/mol. The number of rotatable bonds is 4. The van der Waals surface area contributed by atoms with E-state index in [1.165, 1.54) is 0 Å². The lowest BCUT2D eigenvalue weighted by molar-refractivity contribution is 0.0924. The molecule has 4 N–H and O–H groups in total. The molecule has 0 saturated carbocycles. The Labute approximate surface area is 89.1 Å². The molecule has 0 unspecified atom stereocenters. The molecule has 0 bridgehead atoms. The minimum atomic E-state index is -0.530. The van der Waals surface area contributed by atoms with Crippen molar-refractivity contribution >= 4 is 5.91 Å². The number of hydrogen-bond acceptors (Lipinski definition) is 3. The summed E-state index contributed by atoms with van der Waals surface area (Å²) in [7, 11) is 0. The van der Waals surface area contributed by atoms with Crippen LogP contribution in [0, 0.1) is 0 Å². The first-order valence-electron chi connectivity index (χ1n) is 4.88. The minimum Gasteiger partial charge on any atom is -0.392 e. The van der Waals surface area contributed by atoms with Crippen molar-refractivity contribution in [1.29, 1.82) is 0 Å². The Morgan fingerprint density at radius 1 is 1.47 bits per heavy atom. The summed E-state index contributed by atoms with van der Waals surface area (Å²) in [5.74, 6) is -0.181. The first-order valence-corrected chi connectivity index (χ1v) is 4.88. The molecule has 4 heteroatoms. The van der Waals surface area contributed by atoms with Gasteiger partial charge in [0.25, 0.3) is 5.91 Å². The molecule has 4 nitrogen and oxygen atoms in total. The number of aliphatic hydroxyl groups excluding tert-OH is 1. The molecule has 1 aromatic rings. The highest BCUT2D eigenvalue weighted by Crippen LogP contribution is 2.03. The van der Waals surface area contributed by atoms with Crippen molar-refractivity contribution in [3.8, 4) is 0 Å². The fraction of sp³-hybridized carbons (Fsp3) is 0.364. The summed E-state index contributed by atoms with van der Waals surface area (Å²) in [6.07, 6.45) is -0.530. The third kappa shape index (κ3) is 3.69. The van der Waals surface area contributed by atoms with Gasteiger partial charge >= 0.3 is 0 Å². The maximum atomic E-state index is 11.5. The van der Waals surface area contributed by atoms with E-state index in [0.717, 1.165) is 5.56 Å². The molecule has 1 rings (SSSR count). The van der Waals surface area contributed by atoms with E-state index in [1.807, 2.05) is 12.1 Å². The molecule has 0 heterocycles. The maximum absolute atomic E-state index is 11.5. The zero-order valence-electron chi connectivity index (χ0n) is 8.73. The SMILES string of the molecule is C[C@H](O)CNC(=O)c1ccc(CN)cc1. The van der Waals surface area contributed by atoms with Gasteiger partial charge in [0, 0.05) is 18.7 Å². The minimum absolute atomic E-state index is 0.181. The van der Waals surface area contributed by atoms with E-state index in [1.54, 1.807) is 19.1 Å². The molecule has 0 aromatic heterocycles. The van der Waals surface area contributed by atoms with Crippen LogP contribution >= 0.6 is 0 Å². The van der Waals surface area contributed by atoms with Gasteiger partial charge in [-0.15, -0.1) is 0 Å². The largest absolute Gasteiger partial charge is 0.392 e. The molecule has 1 atom stereocenters. The molecule has 1 amide bonds. The Morgan fingerprint density at radius 3 is 2.53 bits per heavy atom. The Hall–Kier alpha value is -1.39. The second-order valence-corrected chi connectivity index (χ2v) is 3.46. The molecule has 0 fully saturated rings. The summed E-state index contributed by atoms with van der Waals surface area (Å²) < 4.78 is 0. The molecule has 0 aliphatic carbocycles. The Kier molecular flexibility index (Phi) is 4.27. The van der Waals surface area contributed by atoms with Gasteiger partial charge in [-0.05, 0) is 24.6 Å². The van der Waals surface area contributed by atoms with Crippen LogP contribution in [0.1, 0.15) is 22.8 Å². The number of nitrogens with one attached hydrogen (secondary N) is 1. The fourth-order valence-electron chi connectivity index (χ4n) is 1.13. The number of carbonyl (C=O) groups is 1. The van der Waals surface area contributed by atoms with Crippen LogP contribution in [-0.4, -0.2) is 23.7 Å². The molecule has 0 aliphatic heterocycles. The van der Waals surface area contributed by atoms with Crippen molar-refractivity contribution in [2.24, 2.45) is 5.73 Å². The van der Waals surface area contributed by atoms with Crippen molar-refractivity contribution in [3.63, 3.8) is 0 Å². The van der Waals surface area contributed by atoms with Crippen molar-refractivity contribution in [2.45, 2.75) is 19.6 Å². The molecule has 15 heavy (non-hydrogen) atoms. The van der Waals surface area contributed by atoms with Gasteiger partial charge in [-0.25, -0.2) is 0 Å². The summed E-state index contributed by atoms with van der Waals surface area (Å²) in [5.41, 5.74) is 7.01. The molecule has 1 aromatic carbocycles. The maximum Gasteiger partial charge on any atom is 0.251 e. The number of carbonyl (C=O) groups excluding carboxylic acids is 1. The number of hydrogen-bond donors (Lipinski definition) is 3. The standard InChI is InChI=1S/C11H16N2O2/c1-8(14)7-13-11(15)10-4-2-9(6-12)3-5-10/h2-5,8,14H,6-7,12H2,1H3,(H,13,15)/t8-/m0/s1. The summed E-state index contributed by atoms with van der Waals surface area (Å²) in [6.45, 7) is 2.35. The van der Waals surface area contributed by atoms with Crippen molar-refractivity contribution in [1.82, 2.24) is 5.32 Å². The average Bonchev–Trinajstić information content (AvgIpc) is 2.26. The van der Waals surface area contributed by atoms with Crippen molar-refractivity contribution < 1.29 is 9.90 Å². The van der Waals surface area contributed by atoms with Gasteiger partial charge in [0.05, 0.1) is 6.10 Å². The van der Waals surface area contributed by atoms with Crippen molar-refractivity contribution in [3.05, 3.63) is 35.4 Å². The predicted octanol–water partition coefficient (Wildman–Crippen LogP) is 0.256. The number of aliphatic hydroxyl groups is 1. The molecule has 0 radical (unpaired) electrons. The molecule has 82 valence electrons. The van der Waals surface area contributed by atoms with E-state index in [-0.39, 0.29) is 12.5 Å². The average molecular weight is 208 g/mol. The van der Waals surface area contributed by atoms with Crippen LogP contribution in [0.2, 0.25) is 0 Å². The zero-order chi connectivity index (χ0) is 11.3. The summed E-state index contributed by atoms with van der Waals surface area (Å²) in [6, 6.07) is 7.08. The van der Waals surface area contributed by atoms with Gasteiger partial charge in [-0.1, -0.05) is 12.1 Å². The Morgan fingerprint density at radius 2 is 2.07 bits per heavy atom. The van der Waals surface area contributed by atoms with Crippen LogP contribution in [0.4, 0.5) is 0 Å². The van der Waals surface area contributed by atoms with Gasteiger partial charge in [0.1, 0.15) is 0 Å². The molecule has 0 spiro atoms. The van der Waals surface area contributed by atoms with Crippen LogP contribution in [0.3, 0.4) is 0 Å². The Balaban J connectivity index is 2.58. The van der Waals surface area contributed by atoms with E-state index in [0.29, 0.717) is 12.1 Å². The monoisotopic (exact) mass is 208 g/mol. The van der Waals surface area contributed by atoms with Crippen LogP contribution in [0.25, 0.3) is 0 Å². The van der Waals surface area contributed by atoms with Gasteiger partial charge < -0.3 is 16.2 Å². The second kappa shape index (κ2) is 5.48. The van der Waals surface area contributed by atoms with E-state index >= 15 is 0 Å². The lowest BCUT2D eigenvalue weighted by Gasteiger charge is -2.07. The third-order valence-corrected chi connectivity index (χ3v) is 2.01. The first-order chi connectivity index (χ1) is 7.13. The van der Waals surface area contributed by atoms with Crippen LogP contribution < -0.4 is 11.1 Å². The van der Waals surface area contributed by atoms with Gasteiger partial charge in [0.15, 0.2) is 0 Å². The smallest absolute Gasteiger partial charge is 0.251 e. The highest BCUT2D eigenvalue weighted by molar-refractivity contribution is 5.94. The third-order valence-electron chi connectivity index (χ3n) is 2.01. The Bertz CT molecular complexity index is 320. The number of amides is 1. The van der Waals surface area contributed by atoms with Crippen LogP contribution in [0.5, 0.6) is 0 Å². The van der Waals surface area contributed by atoms with Crippen LogP contribution in [0.15, 0.2) is 24.3 Å². The van der Waals surface area contributed by atoms with Gasteiger partial charge in [-0.2, -0.15) is 0 Å². The van der Waals surface area contributed by atoms with E-state index in [4.69, 9.17) is 10.8 Å². The zero-order valence-corrected chi connectivity index (χ0v) is 8.73. The lowest BCUT2D eigenvalue weighted by Crippen LogP contribution is -2.30. The molecule has 0 aliphatic rings. The summed E-state index contributed by atoms with van der Waals surface area (Å²) in [4.78, 5) is 11.5. The normalized spacial score (nSPS) is 12.2. The van der Waals surface area contributed by atoms with E-state index in [9.17, 15) is 4.79 Å². The fourth-order valence-corrected chi connectivity index (χ4v) is 1.13. The van der Waals surface area contributed by atoms with Gasteiger partial charge in [0.2, 0.25) is 0 Å². The highest BCUT2D eigenvalue weighted by atomic mass is 16.3. The lowest BCUT2D eigenvalue weighted by atomic mass is 10.1. The summed E-state index contributed by atoms with van der Waals surface area (Å²) >= 11 is 0. The van der Waals surface area contributed by atoms with Gasteiger partial charge in [-0.3, -0.25) is 4.79 Å². The topological polar surface area (TPSA) is 75.3 Å². The number of nitrogens with two attached hydrogens (primary N) is 1. The molecular formula is C11H16N2O2. The van der Waals surface area contributed by atoms with Crippen molar-refractivity contribution in [2.75, 3.05) is 6.54 Å². The second-order valence-electron chi connectivity index (χ2n) is 3.46. The van der Waals surface area contributed by atoms with E-state index < -0.39 is 6.10 Å².